The number of hydrogen-bond donors (Lipinski definition) is 4. The molecule has 7 atom stereocenters. The van der Waals surface area contributed by atoms with Gasteiger partial charge in [0.2, 0.25) is 0 Å². The van der Waals surface area contributed by atoms with Crippen LogP contribution in [0.3, 0.4) is 0 Å². The van der Waals surface area contributed by atoms with E-state index in [9.17, 15) is 20.1 Å². The Hall–Kier alpha value is -0.690. The van der Waals surface area contributed by atoms with E-state index in [1.807, 2.05) is 6.92 Å². The maximum atomic E-state index is 11.8. The molecule has 0 aromatic carbocycles. The summed E-state index contributed by atoms with van der Waals surface area (Å²) in [5.74, 6) is -0.672. The number of hydrogen-bond acceptors (Lipinski definition) is 5. The number of nitrogens with one attached hydrogen (secondary N) is 1. The Bertz CT molecular complexity index is 324. The number of piperidine rings is 1. The van der Waals surface area contributed by atoms with Crippen molar-refractivity contribution in [1.82, 2.24) is 0 Å². The predicted octanol–water partition coefficient (Wildman–Crippen LogP) is -2.69. The summed E-state index contributed by atoms with van der Waals surface area (Å²) in [7, 11) is 0. The number of carbonyl (C=O) groups excluding carboxylic acids is 1. The van der Waals surface area contributed by atoms with Crippen molar-refractivity contribution in [1.29, 1.82) is 0 Å². The standard InChI is InChI=1S/C12H21NO5/c1-3-18-12(17)7-4-8(14)10-11(16)9(15)5-13(10)6(7)2/h6-11,14-16H,3-5H2,1-2H3/p+1/t6?,7?,8?,9-,10+,11?/m0/s1. The zero-order valence-corrected chi connectivity index (χ0v) is 10.7. The lowest BCUT2D eigenvalue weighted by Gasteiger charge is -2.40. The van der Waals surface area contributed by atoms with E-state index in [4.69, 9.17) is 4.74 Å². The molecule has 6 nitrogen and oxygen atoms in total. The van der Waals surface area contributed by atoms with E-state index >= 15 is 0 Å². The highest BCUT2D eigenvalue weighted by Gasteiger charge is 2.56. The first-order valence-electron chi connectivity index (χ1n) is 6.53. The summed E-state index contributed by atoms with van der Waals surface area (Å²) in [5.41, 5.74) is 0. The van der Waals surface area contributed by atoms with Crippen molar-refractivity contribution in [2.45, 2.75) is 50.7 Å². The van der Waals surface area contributed by atoms with Crippen LogP contribution in [0.5, 0.6) is 0 Å². The third-order valence-electron chi connectivity index (χ3n) is 4.32. The quantitative estimate of drug-likeness (QED) is 0.406. The first-order chi connectivity index (χ1) is 8.47. The third-order valence-corrected chi connectivity index (χ3v) is 4.32. The van der Waals surface area contributed by atoms with Gasteiger partial charge in [0.25, 0.3) is 0 Å². The summed E-state index contributed by atoms with van der Waals surface area (Å²) in [6, 6.07) is -0.468. The summed E-state index contributed by atoms with van der Waals surface area (Å²) in [6.45, 7) is 4.34. The number of ether oxygens (including phenoxy) is 1. The molecule has 2 fully saturated rings. The minimum Gasteiger partial charge on any atom is -0.466 e. The van der Waals surface area contributed by atoms with Crippen molar-refractivity contribution < 1.29 is 29.8 Å². The van der Waals surface area contributed by atoms with Crippen molar-refractivity contribution in [2.75, 3.05) is 13.2 Å². The monoisotopic (exact) mass is 260 g/mol. The Morgan fingerprint density at radius 2 is 2.00 bits per heavy atom. The number of quaternary nitrogens is 1. The van der Waals surface area contributed by atoms with Gasteiger partial charge in [0.05, 0.1) is 12.6 Å². The summed E-state index contributed by atoms with van der Waals surface area (Å²) < 4.78 is 5.01. The van der Waals surface area contributed by atoms with Crippen LogP contribution in [0.2, 0.25) is 0 Å². The smallest absolute Gasteiger partial charge is 0.315 e. The fourth-order valence-electron chi connectivity index (χ4n) is 3.34. The number of aliphatic hydroxyl groups excluding tert-OH is 3. The Morgan fingerprint density at radius 1 is 1.33 bits per heavy atom. The first kappa shape index (κ1) is 13.7. The summed E-state index contributed by atoms with van der Waals surface area (Å²) in [4.78, 5) is 12.7. The molecule has 0 aliphatic carbocycles. The molecular weight excluding hydrogens is 238 g/mol. The maximum absolute atomic E-state index is 11.8. The van der Waals surface area contributed by atoms with Crippen LogP contribution in [-0.4, -0.2) is 64.8 Å². The van der Waals surface area contributed by atoms with E-state index in [0.29, 0.717) is 13.2 Å². The van der Waals surface area contributed by atoms with Crippen LogP contribution in [-0.2, 0) is 9.53 Å². The van der Waals surface area contributed by atoms with Crippen LogP contribution in [0.25, 0.3) is 0 Å². The van der Waals surface area contributed by atoms with Gasteiger partial charge in [-0.15, -0.1) is 0 Å². The second kappa shape index (κ2) is 5.13. The molecule has 2 aliphatic heterocycles. The highest BCUT2D eigenvalue weighted by atomic mass is 16.5. The second-order valence-corrected chi connectivity index (χ2v) is 5.31. The lowest BCUT2D eigenvalue weighted by atomic mass is 9.84. The van der Waals surface area contributed by atoms with Gasteiger partial charge in [0.1, 0.15) is 36.8 Å². The number of rotatable bonds is 2. The third kappa shape index (κ3) is 2.14. The van der Waals surface area contributed by atoms with Crippen molar-refractivity contribution >= 4 is 5.97 Å². The van der Waals surface area contributed by atoms with Crippen molar-refractivity contribution in [2.24, 2.45) is 5.92 Å². The van der Waals surface area contributed by atoms with Crippen LogP contribution in [0, 0.1) is 5.92 Å². The molecule has 0 bridgehead atoms. The Morgan fingerprint density at radius 3 is 2.61 bits per heavy atom. The molecule has 4 N–H and O–H groups in total. The van der Waals surface area contributed by atoms with Crippen LogP contribution < -0.4 is 4.90 Å². The van der Waals surface area contributed by atoms with Crippen LogP contribution >= 0.6 is 0 Å². The molecule has 0 spiro atoms. The van der Waals surface area contributed by atoms with Crippen LogP contribution in [0.1, 0.15) is 20.3 Å². The van der Waals surface area contributed by atoms with Gasteiger partial charge in [-0.05, 0) is 20.3 Å². The lowest BCUT2D eigenvalue weighted by Crippen LogP contribution is -3.21. The van der Waals surface area contributed by atoms with E-state index in [2.05, 4.69) is 0 Å². The van der Waals surface area contributed by atoms with Gasteiger partial charge in [-0.1, -0.05) is 0 Å². The highest BCUT2D eigenvalue weighted by Crippen LogP contribution is 2.23. The van der Waals surface area contributed by atoms with E-state index in [-0.39, 0.29) is 24.3 Å². The van der Waals surface area contributed by atoms with E-state index in [1.54, 1.807) is 6.92 Å². The van der Waals surface area contributed by atoms with Gasteiger partial charge in [0, 0.05) is 0 Å². The Kier molecular flexibility index (Phi) is 3.91. The Labute approximate surface area is 106 Å². The number of carbonyl (C=O) groups is 1. The average Bonchev–Trinajstić information content (AvgIpc) is 2.62. The molecule has 2 rings (SSSR count). The molecule has 2 saturated heterocycles. The molecule has 0 aromatic rings. The van der Waals surface area contributed by atoms with E-state index in [0.717, 1.165) is 4.90 Å². The van der Waals surface area contributed by atoms with Crippen LogP contribution in [0.15, 0.2) is 0 Å². The molecule has 5 unspecified atom stereocenters. The molecule has 0 aromatic heterocycles. The minimum absolute atomic E-state index is 0.0655. The lowest BCUT2D eigenvalue weighted by molar-refractivity contribution is -0.949. The SMILES string of the molecule is CCOC(=O)C1CC(O)[C@@H]2C(O)[C@@H](O)C[NH+]2C1C. The van der Waals surface area contributed by atoms with Crippen molar-refractivity contribution in [3.8, 4) is 0 Å². The fraction of sp³-hybridized carbons (Fsp3) is 0.917. The van der Waals surface area contributed by atoms with Gasteiger partial charge in [-0.3, -0.25) is 4.79 Å². The second-order valence-electron chi connectivity index (χ2n) is 5.31. The highest BCUT2D eigenvalue weighted by molar-refractivity contribution is 5.73. The maximum Gasteiger partial charge on any atom is 0.315 e. The molecule has 104 valence electrons. The Balaban J connectivity index is 2.14. The zero-order chi connectivity index (χ0) is 13.4. The fourth-order valence-corrected chi connectivity index (χ4v) is 3.34. The van der Waals surface area contributed by atoms with Gasteiger partial charge in [-0.2, -0.15) is 0 Å². The molecule has 0 amide bonds. The molecule has 0 radical (unpaired) electrons. The number of esters is 1. The molecule has 2 aliphatic rings. The van der Waals surface area contributed by atoms with Gasteiger partial charge in [-0.25, -0.2) is 0 Å². The number of aliphatic hydroxyl groups is 3. The van der Waals surface area contributed by atoms with Gasteiger partial charge >= 0.3 is 5.97 Å². The zero-order valence-electron chi connectivity index (χ0n) is 10.7. The summed E-state index contributed by atoms with van der Waals surface area (Å²) in [5, 5.41) is 29.6. The molecule has 18 heavy (non-hydrogen) atoms. The van der Waals surface area contributed by atoms with E-state index in [1.165, 1.54) is 0 Å². The van der Waals surface area contributed by atoms with Crippen LogP contribution in [0.4, 0.5) is 0 Å². The predicted molar refractivity (Wildman–Crippen MR) is 61.8 cm³/mol. The molecule has 2 heterocycles. The minimum atomic E-state index is -0.916. The van der Waals surface area contributed by atoms with Crippen molar-refractivity contribution in [3.05, 3.63) is 0 Å². The first-order valence-corrected chi connectivity index (χ1v) is 6.53. The number of fused-ring (bicyclic) bond motifs is 1. The topological polar surface area (TPSA) is 91.4 Å². The normalized spacial score (nSPS) is 47.7. The van der Waals surface area contributed by atoms with Gasteiger partial charge in [0.15, 0.2) is 0 Å². The van der Waals surface area contributed by atoms with Crippen molar-refractivity contribution in [3.63, 3.8) is 0 Å². The van der Waals surface area contributed by atoms with E-state index < -0.39 is 24.4 Å². The van der Waals surface area contributed by atoms with Gasteiger partial charge < -0.3 is 25.0 Å². The molecule has 0 saturated carbocycles. The summed E-state index contributed by atoms with van der Waals surface area (Å²) >= 11 is 0. The molecular formula is C12H22NO5+. The summed E-state index contributed by atoms with van der Waals surface area (Å²) in [6.07, 6.45) is -2.24. The largest absolute Gasteiger partial charge is 0.466 e. The average molecular weight is 260 g/mol. The molecule has 6 heteroatoms.